The van der Waals surface area contributed by atoms with Gasteiger partial charge >= 0.3 is 5.97 Å². The van der Waals surface area contributed by atoms with E-state index in [0.717, 1.165) is 6.54 Å². The molecule has 2 rings (SSSR count). The Morgan fingerprint density at radius 3 is 2.83 bits per heavy atom. The Morgan fingerprint density at radius 2 is 2.28 bits per heavy atom. The third-order valence-electron chi connectivity index (χ3n) is 3.25. The lowest BCUT2D eigenvalue weighted by atomic mass is 10.1. The van der Waals surface area contributed by atoms with Crippen molar-refractivity contribution >= 4 is 11.9 Å². The molecular formula is C13H19N3O2. The molecule has 1 aliphatic rings. The molecule has 0 aliphatic heterocycles. The Balaban J connectivity index is 2.02. The van der Waals surface area contributed by atoms with Crippen LogP contribution in [0.15, 0.2) is 6.20 Å². The maximum atomic E-state index is 11.6. The minimum Gasteiger partial charge on any atom is -0.462 e. The Hall–Kier alpha value is -1.65. The van der Waals surface area contributed by atoms with Crippen LogP contribution in [-0.4, -0.2) is 29.1 Å². The van der Waals surface area contributed by atoms with Gasteiger partial charge in [-0.05, 0) is 32.1 Å². The number of nitrogens with zero attached hydrogens (tertiary/aromatic N) is 2. The van der Waals surface area contributed by atoms with Crippen molar-refractivity contribution in [3.63, 3.8) is 0 Å². The number of aromatic nitrogens is 2. The van der Waals surface area contributed by atoms with Crippen LogP contribution in [0.4, 0.5) is 5.95 Å². The van der Waals surface area contributed by atoms with E-state index in [1.807, 2.05) is 0 Å². The first-order chi connectivity index (χ1) is 8.54. The molecule has 0 amide bonds. The van der Waals surface area contributed by atoms with Gasteiger partial charge in [0.15, 0.2) is 0 Å². The average molecular weight is 249 g/mol. The molecule has 1 saturated carbocycles. The summed E-state index contributed by atoms with van der Waals surface area (Å²) in [5.41, 5.74) is 1.48. The smallest absolute Gasteiger partial charge is 0.341 e. The molecule has 5 nitrogen and oxygen atoms in total. The van der Waals surface area contributed by atoms with E-state index >= 15 is 0 Å². The van der Waals surface area contributed by atoms with Crippen LogP contribution in [0, 0.1) is 12.3 Å². The third kappa shape index (κ3) is 2.97. The molecule has 0 atom stereocenters. The second kappa shape index (κ2) is 4.92. The topological polar surface area (TPSA) is 64.1 Å². The van der Waals surface area contributed by atoms with Crippen LogP contribution in [0.2, 0.25) is 0 Å². The number of carbonyl (C=O) groups is 1. The zero-order chi connectivity index (χ0) is 13.2. The van der Waals surface area contributed by atoms with Crippen molar-refractivity contribution in [3.8, 4) is 0 Å². The molecule has 0 unspecified atom stereocenters. The highest BCUT2D eigenvalue weighted by atomic mass is 16.5. The minimum absolute atomic E-state index is 0.358. The summed E-state index contributed by atoms with van der Waals surface area (Å²) in [4.78, 5) is 20.0. The number of aryl methyl sites for hydroxylation is 1. The van der Waals surface area contributed by atoms with Crippen molar-refractivity contribution < 1.29 is 9.53 Å². The van der Waals surface area contributed by atoms with Crippen molar-refractivity contribution in [2.24, 2.45) is 5.41 Å². The van der Waals surface area contributed by atoms with Gasteiger partial charge in [-0.15, -0.1) is 0 Å². The van der Waals surface area contributed by atoms with Crippen LogP contribution in [-0.2, 0) is 4.74 Å². The molecule has 0 radical (unpaired) electrons. The van der Waals surface area contributed by atoms with E-state index < -0.39 is 0 Å². The highest BCUT2D eigenvalue weighted by Gasteiger charge is 2.36. The van der Waals surface area contributed by atoms with E-state index in [4.69, 9.17) is 4.74 Å². The summed E-state index contributed by atoms with van der Waals surface area (Å²) >= 11 is 0. The standard InChI is InChI=1S/C13H19N3O2/c1-4-18-11(17)10-7-14-12(16-9(10)2)15-8-13(3)5-6-13/h7H,4-6,8H2,1-3H3,(H,14,15,16). The number of ether oxygens (including phenoxy) is 1. The summed E-state index contributed by atoms with van der Waals surface area (Å²) in [5.74, 6) is 0.212. The molecule has 1 aromatic rings. The van der Waals surface area contributed by atoms with Gasteiger partial charge in [0.1, 0.15) is 0 Å². The number of carbonyl (C=O) groups excluding carboxylic acids is 1. The van der Waals surface area contributed by atoms with Crippen molar-refractivity contribution in [2.75, 3.05) is 18.5 Å². The summed E-state index contributed by atoms with van der Waals surface area (Å²) in [6.45, 7) is 7.04. The molecule has 1 fully saturated rings. The van der Waals surface area contributed by atoms with Crippen LogP contribution in [0.1, 0.15) is 42.7 Å². The zero-order valence-electron chi connectivity index (χ0n) is 11.1. The predicted octanol–water partition coefficient (Wildman–Crippen LogP) is 2.17. The molecular weight excluding hydrogens is 230 g/mol. The summed E-state index contributed by atoms with van der Waals surface area (Å²) in [6.07, 6.45) is 4.03. The van der Waals surface area contributed by atoms with Gasteiger partial charge in [-0.1, -0.05) is 6.92 Å². The molecule has 0 bridgehead atoms. The normalized spacial score (nSPS) is 16.2. The first-order valence-electron chi connectivity index (χ1n) is 6.29. The van der Waals surface area contributed by atoms with Gasteiger partial charge < -0.3 is 10.1 Å². The first kappa shape index (κ1) is 12.8. The lowest BCUT2D eigenvalue weighted by Gasteiger charge is -2.11. The highest BCUT2D eigenvalue weighted by molar-refractivity contribution is 5.90. The average Bonchev–Trinajstić information content (AvgIpc) is 3.06. The van der Waals surface area contributed by atoms with Gasteiger partial charge in [-0.25, -0.2) is 14.8 Å². The van der Waals surface area contributed by atoms with E-state index in [9.17, 15) is 4.79 Å². The maximum Gasteiger partial charge on any atom is 0.341 e. The fourth-order valence-corrected chi connectivity index (χ4v) is 1.64. The molecule has 1 heterocycles. The Labute approximate surface area is 107 Å². The summed E-state index contributed by atoms with van der Waals surface area (Å²) in [5, 5.41) is 3.21. The Bertz CT molecular complexity index is 456. The fraction of sp³-hybridized carbons (Fsp3) is 0.615. The number of hydrogen-bond acceptors (Lipinski definition) is 5. The number of esters is 1. The van der Waals surface area contributed by atoms with Crippen LogP contribution < -0.4 is 5.32 Å². The van der Waals surface area contributed by atoms with Crippen LogP contribution >= 0.6 is 0 Å². The lowest BCUT2D eigenvalue weighted by Crippen LogP contribution is -2.15. The monoisotopic (exact) mass is 249 g/mol. The van der Waals surface area contributed by atoms with E-state index in [1.54, 1.807) is 13.8 Å². The van der Waals surface area contributed by atoms with Gasteiger partial charge in [0.05, 0.1) is 17.9 Å². The van der Waals surface area contributed by atoms with E-state index in [0.29, 0.717) is 29.2 Å². The van der Waals surface area contributed by atoms with Crippen LogP contribution in [0.5, 0.6) is 0 Å². The van der Waals surface area contributed by atoms with Crippen LogP contribution in [0.25, 0.3) is 0 Å². The van der Waals surface area contributed by atoms with E-state index in [-0.39, 0.29) is 5.97 Å². The van der Waals surface area contributed by atoms with Crippen LogP contribution in [0.3, 0.4) is 0 Å². The lowest BCUT2D eigenvalue weighted by molar-refractivity contribution is 0.0524. The quantitative estimate of drug-likeness (QED) is 0.810. The SMILES string of the molecule is CCOC(=O)c1cnc(NCC2(C)CC2)nc1C. The molecule has 0 saturated heterocycles. The summed E-state index contributed by atoms with van der Waals surface area (Å²) in [6, 6.07) is 0. The van der Waals surface area contributed by atoms with Crippen molar-refractivity contribution in [1.29, 1.82) is 0 Å². The van der Waals surface area contributed by atoms with Gasteiger partial charge in [0.25, 0.3) is 0 Å². The largest absolute Gasteiger partial charge is 0.462 e. The Kier molecular flexibility index (Phi) is 3.50. The summed E-state index contributed by atoms with van der Waals surface area (Å²) < 4.78 is 4.93. The second-order valence-electron chi connectivity index (χ2n) is 5.08. The number of anilines is 1. The molecule has 0 aromatic carbocycles. The van der Waals surface area contributed by atoms with E-state index in [1.165, 1.54) is 19.0 Å². The second-order valence-corrected chi connectivity index (χ2v) is 5.08. The number of nitrogens with one attached hydrogen (secondary N) is 1. The Morgan fingerprint density at radius 1 is 1.56 bits per heavy atom. The summed E-state index contributed by atoms with van der Waals surface area (Å²) in [7, 11) is 0. The molecule has 0 spiro atoms. The van der Waals surface area contributed by atoms with Crippen molar-refractivity contribution in [3.05, 3.63) is 17.5 Å². The molecule has 98 valence electrons. The number of rotatable bonds is 5. The highest BCUT2D eigenvalue weighted by Crippen LogP contribution is 2.44. The maximum absolute atomic E-state index is 11.6. The van der Waals surface area contributed by atoms with Gasteiger partial charge in [0.2, 0.25) is 5.95 Å². The minimum atomic E-state index is -0.365. The van der Waals surface area contributed by atoms with Gasteiger partial charge in [-0.2, -0.15) is 0 Å². The van der Waals surface area contributed by atoms with Gasteiger partial charge in [0, 0.05) is 12.7 Å². The zero-order valence-corrected chi connectivity index (χ0v) is 11.1. The first-order valence-corrected chi connectivity index (χ1v) is 6.29. The number of hydrogen-bond donors (Lipinski definition) is 1. The molecule has 1 N–H and O–H groups in total. The molecule has 1 aromatic heterocycles. The van der Waals surface area contributed by atoms with Crippen molar-refractivity contribution in [1.82, 2.24) is 9.97 Å². The molecule has 18 heavy (non-hydrogen) atoms. The third-order valence-corrected chi connectivity index (χ3v) is 3.25. The van der Waals surface area contributed by atoms with E-state index in [2.05, 4.69) is 22.2 Å². The fourth-order valence-electron chi connectivity index (χ4n) is 1.64. The predicted molar refractivity (Wildman–Crippen MR) is 68.6 cm³/mol. The molecule has 5 heteroatoms. The van der Waals surface area contributed by atoms with Gasteiger partial charge in [-0.3, -0.25) is 0 Å². The molecule has 1 aliphatic carbocycles. The van der Waals surface area contributed by atoms with Crippen molar-refractivity contribution in [2.45, 2.75) is 33.6 Å².